The first-order valence-electron chi connectivity index (χ1n) is 25.3. The molecule has 4 aliphatic rings. The minimum Gasteiger partial charge on any atom is -0.412 e. The lowest BCUT2D eigenvalue weighted by Gasteiger charge is -2.37. The van der Waals surface area contributed by atoms with E-state index < -0.39 is 90.7 Å². The van der Waals surface area contributed by atoms with E-state index >= 15 is 0 Å². The topological polar surface area (TPSA) is 367 Å². The van der Waals surface area contributed by atoms with Crippen LogP contribution in [0.1, 0.15) is 68.2 Å². The van der Waals surface area contributed by atoms with Crippen LogP contribution in [0.3, 0.4) is 0 Å². The number of aromatic nitrogens is 2. The zero-order valence-corrected chi connectivity index (χ0v) is 49.3. The molecule has 0 spiro atoms. The molecule has 2 amide bonds. The van der Waals surface area contributed by atoms with Crippen LogP contribution in [0, 0.1) is 60.0 Å². The highest BCUT2D eigenvalue weighted by molar-refractivity contribution is 8.14. The van der Waals surface area contributed by atoms with Crippen molar-refractivity contribution in [3.63, 3.8) is 0 Å². The number of pyridine rings is 2. The van der Waals surface area contributed by atoms with Crippen molar-refractivity contribution in [2.24, 2.45) is 33.3 Å². The summed E-state index contributed by atoms with van der Waals surface area (Å²) in [6.07, 6.45) is -0.390. The third-order valence-corrected chi connectivity index (χ3v) is 17.2. The Morgan fingerprint density at radius 1 is 0.621 bits per heavy atom. The Labute approximate surface area is 503 Å². The van der Waals surface area contributed by atoms with Crippen LogP contribution in [0.25, 0.3) is 0 Å². The van der Waals surface area contributed by atoms with Gasteiger partial charge in [0, 0.05) is 72.1 Å². The Kier molecular flexibility index (Phi) is 21.4. The summed E-state index contributed by atoms with van der Waals surface area (Å²) in [4.78, 5) is 41.5. The molecule has 4 aliphatic heterocycles. The zero-order valence-electron chi connectivity index (χ0n) is 46.1. The first kappa shape index (κ1) is 68.1. The molecule has 87 heavy (non-hydrogen) atoms. The molecule has 6 atom stereocenters. The summed E-state index contributed by atoms with van der Waals surface area (Å²) >= 11 is 2.24. The van der Waals surface area contributed by atoms with Crippen LogP contribution in [0.4, 0.5) is 37.7 Å². The van der Waals surface area contributed by atoms with E-state index in [0.29, 0.717) is 11.1 Å². The molecular weight excluding hydrogens is 1230 g/mol. The van der Waals surface area contributed by atoms with Crippen LogP contribution < -0.4 is 22.1 Å². The van der Waals surface area contributed by atoms with Crippen molar-refractivity contribution < 1.29 is 76.8 Å². The quantitative estimate of drug-likeness (QED) is 0.0555. The third kappa shape index (κ3) is 16.4. The normalized spacial score (nSPS) is 21.2. The number of benzene rings is 4. The number of nitrogens with two attached hydrogens (primary N) is 2. The van der Waals surface area contributed by atoms with Gasteiger partial charge in [-0.2, -0.15) is 27.4 Å². The molecule has 3 unspecified atom stereocenters. The van der Waals surface area contributed by atoms with Gasteiger partial charge in [-0.25, -0.2) is 46.3 Å². The Hall–Kier alpha value is -7.98. The number of thioether (sulfide) groups is 2. The summed E-state index contributed by atoms with van der Waals surface area (Å²) in [6.45, 7) is 4.67. The van der Waals surface area contributed by atoms with Crippen LogP contribution in [0.2, 0.25) is 0 Å². The number of aliphatic imine (C=N–C) groups is 2. The van der Waals surface area contributed by atoms with Gasteiger partial charge in [-0.05, 0) is 98.8 Å². The second-order valence-corrected chi connectivity index (χ2v) is 24.8. The van der Waals surface area contributed by atoms with Gasteiger partial charge in [0.1, 0.15) is 58.4 Å². The molecule has 0 saturated carbocycles. The van der Waals surface area contributed by atoms with Gasteiger partial charge in [0.25, 0.3) is 43.9 Å². The van der Waals surface area contributed by atoms with Gasteiger partial charge in [-0.3, -0.25) is 18.7 Å². The van der Waals surface area contributed by atoms with Crippen molar-refractivity contribution in [3.8, 4) is 12.1 Å². The number of hydrogen-bond acceptors (Lipinski definition) is 18. The molecule has 10 rings (SSSR count). The Bertz CT molecular complexity index is 3640. The molecule has 4 aromatic carbocycles. The van der Waals surface area contributed by atoms with Gasteiger partial charge < -0.3 is 37.1 Å². The molecule has 2 saturated heterocycles. The predicted molar refractivity (Wildman–Crippen MR) is 311 cm³/mol. The molecular formula is C56H54F6N10O11S4. The summed E-state index contributed by atoms with van der Waals surface area (Å²) in [5.74, 6) is -10.1. The molecule has 0 aliphatic carbocycles. The van der Waals surface area contributed by atoms with Gasteiger partial charge >= 0.3 is 0 Å². The van der Waals surface area contributed by atoms with Crippen molar-refractivity contribution in [1.82, 2.24) is 9.97 Å². The number of anilines is 2. The molecule has 2 aromatic heterocycles. The molecule has 10 N–H and O–H groups in total. The van der Waals surface area contributed by atoms with E-state index in [1.54, 1.807) is 24.3 Å². The highest BCUT2D eigenvalue weighted by Gasteiger charge is 2.61. The van der Waals surface area contributed by atoms with Crippen molar-refractivity contribution in [3.05, 3.63) is 178 Å². The Morgan fingerprint density at radius 2 is 0.966 bits per heavy atom. The highest BCUT2D eigenvalue weighted by atomic mass is 32.2. The minimum absolute atomic E-state index is 0. The molecule has 0 bridgehead atoms. The van der Waals surface area contributed by atoms with Crippen LogP contribution in [-0.4, -0.2) is 112 Å². The first-order chi connectivity index (χ1) is 40.3. The zero-order chi connectivity index (χ0) is 63.2. The highest BCUT2D eigenvalue weighted by Crippen LogP contribution is 2.53. The molecule has 31 heteroatoms. The maximum atomic E-state index is 15.0. The standard InChI is InChI=1S/2C21H18F3N5O2S.2C7H8O3S.H2O/c2*1-20(23,24)17-14-9-32-19(26)29-21(14,10-31-17)13-6-12(3-4-15(13)22)28-18(30)16-5-2-11(7-25)8-27-16;2*1-6-2-4-7(5-3-6)11(8,9)10;/h2*2-6,8,14,17H,9-10H2,1H3,(H2,26,29)(H,28,30);2*2-5H,1H3,(H,8,9,10);1H2/t14-,17+,21-;;;;/m1..../s1. The maximum absolute atomic E-state index is 15.0. The van der Waals surface area contributed by atoms with E-state index in [1.165, 1.54) is 85.2 Å². The second kappa shape index (κ2) is 27.4. The fourth-order valence-electron chi connectivity index (χ4n) is 9.41. The number of fused-ring (bicyclic) bond motifs is 2. The van der Waals surface area contributed by atoms with Crippen molar-refractivity contribution in [2.45, 2.75) is 72.6 Å². The van der Waals surface area contributed by atoms with Gasteiger partial charge in [-0.15, -0.1) is 0 Å². The van der Waals surface area contributed by atoms with Gasteiger partial charge in [0.2, 0.25) is 0 Å². The summed E-state index contributed by atoms with van der Waals surface area (Å²) in [5.41, 5.74) is 12.0. The number of hydrogen-bond donors (Lipinski definition) is 6. The third-order valence-electron chi connectivity index (χ3n) is 13.6. The molecule has 2 fully saturated rings. The lowest BCUT2D eigenvalue weighted by molar-refractivity contribution is -0.113. The number of carbonyl (C=O) groups is 2. The number of alkyl halides is 4. The smallest absolute Gasteiger partial charge is 0.294 e. The van der Waals surface area contributed by atoms with Crippen molar-refractivity contribution >= 4 is 77.3 Å². The minimum atomic E-state index is -4.02. The number of rotatable bonds is 10. The summed E-state index contributed by atoms with van der Waals surface area (Å²) < 4.78 is 157. The van der Waals surface area contributed by atoms with Crippen LogP contribution >= 0.6 is 23.5 Å². The summed E-state index contributed by atoms with van der Waals surface area (Å²) in [7, 11) is -8.04. The number of ether oxygens (including phenoxy) is 2. The predicted octanol–water partition coefficient (Wildman–Crippen LogP) is 8.20. The lowest BCUT2D eigenvalue weighted by Crippen LogP contribution is -2.46. The number of amides is 2. The molecule has 460 valence electrons. The number of halogens is 6. The maximum Gasteiger partial charge on any atom is 0.294 e. The van der Waals surface area contributed by atoms with Crippen molar-refractivity contribution in [2.75, 3.05) is 35.4 Å². The van der Waals surface area contributed by atoms with E-state index in [0.717, 1.165) is 60.6 Å². The first-order valence-corrected chi connectivity index (χ1v) is 30.1. The average molecular weight is 1290 g/mol. The molecule has 0 radical (unpaired) electrons. The fourth-order valence-corrected chi connectivity index (χ4v) is 12.4. The number of aryl methyl sites for hydroxylation is 2. The summed E-state index contributed by atoms with van der Waals surface area (Å²) in [5, 5.41) is 23.2. The Balaban J connectivity index is 0.000000205. The number of nitrogens with zero attached hydrogens (tertiary/aromatic N) is 6. The second-order valence-electron chi connectivity index (χ2n) is 19.9. The van der Waals surface area contributed by atoms with Gasteiger partial charge in [-0.1, -0.05) is 58.9 Å². The van der Waals surface area contributed by atoms with Crippen LogP contribution in [0.15, 0.2) is 141 Å². The fraction of sp³-hybridized carbons (Fsp3) is 0.286. The molecule has 21 nitrogen and oxygen atoms in total. The molecule has 6 aromatic rings. The van der Waals surface area contributed by atoms with E-state index in [9.17, 15) is 52.8 Å². The van der Waals surface area contributed by atoms with E-state index in [4.69, 9.17) is 40.6 Å². The number of amidine groups is 2. The largest absolute Gasteiger partial charge is 0.412 e. The SMILES string of the molecule is CC(F)(F)C1OCC2(c3cc(NC(=O)c4ccc(C#N)cn4)ccc3F)N=C(N)SCC12.CC(F)(F)[C@H]1OC[C@]2(c3cc(NC(=O)c4ccc(C#N)cn4)ccc3F)N=C(N)SC[C@H]12.Cc1ccc(S(=O)(=O)O)cc1.Cc1ccc(S(=O)(=O)O)cc1.O. The summed E-state index contributed by atoms with van der Waals surface area (Å²) in [6, 6.07) is 29.1. The number of carbonyl (C=O) groups excluding carboxylic acids is 2. The monoisotopic (exact) mass is 1280 g/mol. The van der Waals surface area contributed by atoms with E-state index in [1.807, 2.05) is 26.0 Å². The van der Waals surface area contributed by atoms with Crippen LogP contribution in [-0.2, 0) is 40.8 Å². The number of nitrogens with one attached hydrogen (secondary N) is 2. The Morgan fingerprint density at radius 3 is 1.25 bits per heavy atom. The van der Waals surface area contributed by atoms with Crippen LogP contribution in [0.5, 0.6) is 0 Å². The van der Waals surface area contributed by atoms with E-state index in [-0.39, 0.29) is 84.2 Å². The lowest BCUT2D eigenvalue weighted by atomic mass is 9.77. The van der Waals surface area contributed by atoms with Gasteiger partial charge in [0.05, 0.1) is 34.1 Å². The number of nitriles is 2. The van der Waals surface area contributed by atoms with Crippen molar-refractivity contribution in [1.29, 1.82) is 10.5 Å². The average Bonchev–Trinajstić information content (AvgIpc) is 1.68. The van der Waals surface area contributed by atoms with E-state index in [2.05, 4.69) is 30.6 Å². The molecule has 6 heterocycles. The van der Waals surface area contributed by atoms with Gasteiger partial charge in [0.15, 0.2) is 10.3 Å².